The van der Waals surface area contributed by atoms with E-state index < -0.39 is 5.91 Å². The average Bonchev–Trinajstić information content (AvgIpc) is 2.62. The zero-order valence-corrected chi connectivity index (χ0v) is 16.0. The molecule has 0 unspecified atom stereocenters. The first-order valence-electron chi connectivity index (χ1n) is 7.61. The fourth-order valence-electron chi connectivity index (χ4n) is 2.31. The van der Waals surface area contributed by atoms with Crippen molar-refractivity contribution < 1.29 is 19.1 Å². The maximum atomic E-state index is 12.4. The molecule has 0 bridgehead atoms. The van der Waals surface area contributed by atoms with Gasteiger partial charge in [-0.2, -0.15) is 0 Å². The van der Waals surface area contributed by atoms with Gasteiger partial charge in [0.05, 0.1) is 30.0 Å². The third kappa shape index (κ3) is 4.59. The highest BCUT2D eigenvalue weighted by atomic mass is 35.5. The number of methoxy groups -OCH3 is 2. The number of nitrogens with zero attached hydrogens (tertiary/aromatic N) is 1. The smallest absolute Gasteiger partial charge is 0.244 e. The summed E-state index contributed by atoms with van der Waals surface area (Å²) in [6, 6.07) is 9.87. The number of rotatable bonds is 6. The first kappa shape index (κ1) is 19.9. The molecule has 1 N–H and O–H groups in total. The van der Waals surface area contributed by atoms with Crippen molar-refractivity contribution in [3.8, 4) is 11.5 Å². The molecule has 0 radical (unpaired) electrons. The number of anilines is 2. The Morgan fingerprint density at radius 2 is 1.77 bits per heavy atom. The maximum absolute atomic E-state index is 12.4. The van der Waals surface area contributed by atoms with Crippen molar-refractivity contribution >= 4 is 46.4 Å². The van der Waals surface area contributed by atoms with Crippen molar-refractivity contribution in [3.05, 3.63) is 46.4 Å². The molecule has 0 atom stereocenters. The van der Waals surface area contributed by atoms with E-state index in [9.17, 15) is 9.59 Å². The van der Waals surface area contributed by atoms with Crippen LogP contribution in [-0.4, -0.2) is 32.6 Å². The van der Waals surface area contributed by atoms with Gasteiger partial charge in [0, 0.05) is 18.7 Å². The van der Waals surface area contributed by atoms with Gasteiger partial charge in [0.15, 0.2) is 11.5 Å². The third-order valence-electron chi connectivity index (χ3n) is 3.59. The summed E-state index contributed by atoms with van der Waals surface area (Å²) < 4.78 is 10.4. The Morgan fingerprint density at radius 1 is 1.08 bits per heavy atom. The van der Waals surface area contributed by atoms with E-state index in [2.05, 4.69) is 5.32 Å². The molecule has 26 heavy (non-hydrogen) atoms. The largest absolute Gasteiger partial charge is 0.493 e. The number of amides is 2. The van der Waals surface area contributed by atoms with E-state index in [-0.39, 0.29) is 17.5 Å². The highest BCUT2D eigenvalue weighted by molar-refractivity contribution is 6.44. The van der Waals surface area contributed by atoms with Gasteiger partial charge < -0.3 is 19.7 Å². The SMILES string of the molecule is COc1ccc(N(CC(=O)Nc2cccc(Cl)c2Cl)C(C)=O)cc1OC. The lowest BCUT2D eigenvalue weighted by atomic mass is 10.2. The lowest BCUT2D eigenvalue weighted by Gasteiger charge is -2.22. The number of hydrogen-bond acceptors (Lipinski definition) is 4. The molecule has 0 aromatic heterocycles. The van der Waals surface area contributed by atoms with E-state index in [0.29, 0.717) is 27.9 Å². The van der Waals surface area contributed by atoms with Crippen molar-refractivity contribution in [2.75, 3.05) is 31.0 Å². The summed E-state index contributed by atoms with van der Waals surface area (Å²) in [6.45, 7) is 1.17. The number of hydrogen-bond donors (Lipinski definition) is 1. The average molecular weight is 397 g/mol. The molecule has 6 nitrogen and oxygen atoms in total. The lowest BCUT2D eigenvalue weighted by Crippen LogP contribution is -2.36. The Balaban J connectivity index is 2.21. The van der Waals surface area contributed by atoms with Crippen LogP contribution >= 0.6 is 23.2 Å². The summed E-state index contributed by atoms with van der Waals surface area (Å²) in [5, 5.41) is 3.22. The van der Waals surface area contributed by atoms with Crippen molar-refractivity contribution in [1.82, 2.24) is 0 Å². The second kappa shape index (κ2) is 8.78. The van der Waals surface area contributed by atoms with E-state index in [0.717, 1.165) is 0 Å². The van der Waals surface area contributed by atoms with Crippen LogP contribution in [0.25, 0.3) is 0 Å². The Bertz CT molecular complexity index is 827. The molecule has 138 valence electrons. The molecule has 0 spiro atoms. The molecule has 0 fully saturated rings. The van der Waals surface area contributed by atoms with Gasteiger partial charge in [0.1, 0.15) is 6.54 Å². The minimum Gasteiger partial charge on any atom is -0.493 e. The predicted molar refractivity (Wildman–Crippen MR) is 103 cm³/mol. The quantitative estimate of drug-likeness (QED) is 0.800. The molecule has 0 saturated carbocycles. The highest BCUT2D eigenvalue weighted by Gasteiger charge is 2.19. The van der Waals surface area contributed by atoms with Gasteiger partial charge >= 0.3 is 0 Å². The maximum Gasteiger partial charge on any atom is 0.244 e. The molecule has 0 aliphatic heterocycles. The predicted octanol–water partition coefficient (Wildman–Crippen LogP) is 4.00. The van der Waals surface area contributed by atoms with E-state index in [1.807, 2.05) is 0 Å². The first-order valence-corrected chi connectivity index (χ1v) is 8.37. The molecule has 2 aromatic carbocycles. The summed E-state index contributed by atoms with van der Waals surface area (Å²) in [7, 11) is 3.01. The van der Waals surface area contributed by atoms with Crippen LogP contribution in [0.5, 0.6) is 11.5 Å². The van der Waals surface area contributed by atoms with Gasteiger partial charge in [-0.15, -0.1) is 0 Å². The van der Waals surface area contributed by atoms with E-state index in [1.165, 1.54) is 26.0 Å². The zero-order valence-electron chi connectivity index (χ0n) is 14.5. The summed E-state index contributed by atoms with van der Waals surface area (Å²) in [6.07, 6.45) is 0. The Morgan fingerprint density at radius 3 is 2.38 bits per heavy atom. The van der Waals surface area contributed by atoms with E-state index in [4.69, 9.17) is 32.7 Å². The van der Waals surface area contributed by atoms with Gasteiger partial charge in [-0.05, 0) is 24.3 Å². The lowest BCUT2D eigenvalue weighted by molar-refractivity contribution is -0.120. The number of nitrogens with one attached hydrogen (secondary N) is 1. The van der Waals surface area contributed by atoms with Gasteiger partial charge in [0.2, 0.25) is 11.8 Å². The minimum absolute atomic E-state index is 0.201. The van der Waals surface area contributed by atoms with E-state index in [1.54, 1.807) is 36.4 Å². The van der Waals surface area contributed by atoms with Crippen molar-refractivity contribution in [2.45, 2.75) is 6.92 Å². The molecule has 8 heteroatoms. The number of halogens is 2. The van der Waals surface area contributed by atoms with Crippen molar-refractivity contribution in [3.63, 3.8) is 0 Å². The van der Waals surface area contributed by atoms with Crippen LogP contribution in [-0.2, 0) is 9.59 Å². The number of carbonyl (C=O) groups excluding carboxylic acids is 2. The minimum atomic E-state index is -0.417. The summed E-state index contributed by atoms with van der Waals surface area (Å²) >= 11 is 12.0. The normalized spacial score (nSPS) is 10.2. The molecule has 0 aliphatic rings. The third-order valence-corrected chi connectivity index (χ3v) is 4.41. The molecule has 2 amide bonds. The van der Waals surface area contributed by atoms with Crippen LogP contribution < -0.4 is 19.7 Å². The monoisotopic (exact) mass is 396 g/mol. The van der Waals surface area contributed by atoms with Crippen LogP contribution in [0.3, 0.4) is 0 Å². The summed E-state index contributed by atoms with van der Waals surface area (Å²) in [5.74, 6) is 0.258. The van der Waals surface area contributed by atoms with Crippen molar-refractivity contribution in [1.29, 1.82) is 0 Å². The molecule has 0 saturated heterocycles. The van der Waals surface area contributed by atoms with Gasteiger partial charge in [0.25, 0.3) is 0 Å². The molecular formula is C18H18Cl2N2O4. The molecule has 0 aliphatic carbocycles. The fourth-order valence-corrected chi connectivity index (χ4v) is 2.66. The second-order valence-electron chi connectivity index (χ2n) is 5.29. The van der Waals surface area contributed by atoms with Crippen molar-refractivity contribution in [2.24, 2.45) is 0 Å². The fraction of sp³-hybridized carbons (Fsp3) is 0.222. The number of ether oxygens (including phenoxy) is 2. The second-order valence-corrected chi connectivity index (χ2v) is 6.08. The summed E-state index contributed by atoms with van der Waals surface area (Å²) in [4.78, 5) is 25.7. The highest BCUT2D eigenvalue weighted by Crippen LogP contribution is 2.32. The van der Waals surface area contributed by atoms with Gasteiger partial charge in [-0.25, -0.2) is 0 Å². The first-order chi connectivity index (χ1) is 12.4. The van der Waals surface area contributed by atoms with Crippen LogP contribution in [0.2, 0.25) is 10.0 Å². The number of benzene rings is 2. The number of carbonyl (C=O) groups is 2. The van der Waals surface area contributed by atoms with Gasteiger partial charge in [-0.1, -0.05) is 29.3 Å². The Labute approximate surface area is 161 Å². The standard InChI is InChI=1S/C18H18Cl2N2O4/c1-11(23)22(12-7-8-15(25-2)16(9-12)26-3)10-17(24)21-14-6-4-5-13(19)18(14)20/h4-9H,10H2,1-3H3,(H,21,24). The van der Waals surface area contributed by atoms with Gasteiger partial charge in [-0.3, -0.25) is 9.59 Å². The summed E-state index contributed by atoms with van der Waals surface area (Å²) in [5.41, 5.74) is 0.877. The molecule has 0 heterocycles. The Kier molecular flexibility index (Phi) is 6.71. The zero-order chi connectivity index (χ0) is 19.3. The topological polar surface area (TPSA) is 67.9 Å². The molecule has 2 aromatic rings. The molecule has 2 rings (SSSR count). The van der Waals surface area contributed by atoms with E-state index >= 15 is 0 Å². The Hall–Kier alpha value is -2.44. The van der Waals surface area contributed by atoms with Crippen LogP contribution in [0.4, 0.5) is 11.4 Å². The van der Waals surface area contributed by atoms with Crippen LogP contribution in [0, 0.1) is 0 Å². The van der Waals surface area contributed by atoms with Crippen LogP contribution in [0.15, 0.2) is 36.4 Å². The van der Waals surface area contributed by atoms with Crippen LogP contribution in [0.1, 0.15) is 6.92 Å². The molecular weight excluding hydrogens is 379 g/mol.